The van der Waals surface area contributed by atoms with Crippen molar-refractivity contribution < 1.29 is 9.84 Å². The first-order valence-corrected chi connectivity index (χ1v) is 7.51. The Bertz CT molecular complexity index is 320. The van der Waals surface area contributed by atoms with Gasteiger partial charge in [-0.15, -0.1) is 0 Å². The van der Waals surface area contributed by atoms with Crippen molar-refractivity contribution in [3.63, 3.8) is 0 Å². The number of ether oxygens (including phenoxy) is 1. The lowest BCUT2D eigenvalue weighted by Crippen LogP contribution is -2.61. The predicted octanol–water partition coefficient (Wildman–Crippen LogP) is 2.74. The Balaban J connectivity index is 1.67. The molecule has 96 valence electrons. The number of hydrogen-bond donors (Lipinski definition) is 1. The van der Waals surface area contributed by atoms with Crippen LogP contribution in [0.3, 0.4) is 0 Å². The molecule has 4 unspecified atom stereocenters. The smallest absolute Gasteiger partial charge is 0.0974 e. The summed E-state index contributed by atoms with van der Waals surface area (Å²) in [6.45, 7) is 3.16. The molecule has 4 bridgehead atoms. The van der Waals surface area contributed by atoms with Crippen LogP contribution >= 0.6 is 0 Å². The quantitative estimate of drug-likeness (QED) is 0.764. The maximum atomic E-state index is 11.1. The summed E-state index contributed by atoms with van der Waals surface area (Å²) in [6, 6.07) is 0. The third-order valence-electron chi connectivity index (χ3n) is 6.03. The Hall–Kier alpha value is -0.0800. The van der Waals surface area contributed by atoms with Crippen molar-refractivity contribution in [2.24, 2.45) is 23.7 Å². The SMILES string of the molecule is CCCC1(C2C3CC4CC(C3)CC2(O)C4)CO1. The van der Waals surface area contributed by atoms with E-state index in [0.29, 0.717) is 5.92 Å². The lowest BCUT2D eigenvalue weighted by atomic mass is 9.47. The van der Waals surface area contributed by atoms with Crippen molar-refractivity contribution in [3.8, 4) is 0 Å². The third-order valence-corrected chi connectivity index (χ3v) is 6.03. The number of hydrogen-bond acceptors (Lipinski definition) is 2. The molecule has 0 radical (unpaired) electrons. The molecule has 1 heterocycles. The highest BCUT2D eigenvalue weighted by molar-refractivity contribution is 5.16. The van der Waals surface area contributed by atoms with Crippen LogP contribution in [0.5, 0.6) is 0 Å². The van der Waals surface area contributed by atoms with E-state index in [2.05, 4.69) is 6.92 Å². The Labute approximate surface area is 104 Å². The first kappa shape index (κ1) is 10.8. The summed E-state index contributed by atoms with van der Waals surface area (Å²) in [4.78, 5) is 0. The molecule has 0 aromatic rings. The lowest BCUT2D eigenvalue weighted by molar-refractivity contribution is -0.192. The van der Waals surface area contributed by atoms with E-state index in [-0.39, 0.29) is 11.2 Å². The van der Waals surface area contributed by atoms with Gasteiger partial charge in [0.25, 0.3) is 0 Å². The van der Waals surface area contributed by atoms with E-state index in [1.807, 2.05) is 0 Å². The Morgan fingerprint density at radius 1 is 1.18 bits per heavy atom. The average molecular weight is 236 g/mol. The normalized spacial score (nSPS) is 59.6. The van der Waals surface area contributed by atoms with Crippen molar-refractivity contribution in [1.82, 2.24) is 0 Å². The van der Waals surface area contributed by atoms with E-state index < -0.39 is 0 Å². The van der Waals surface area contributed by atoms with Gasteiger partial charge in [-0.3, -0.25) is 0 Å². The van der Waals surface area contributed by atoms with E-state index in [1.165, 1.54) is 25.7 Å². The molecule has 4 atom stereocenters. The fourth-order valence-corrected chi connectivity index (χ4v) is 5.91. The molecule has 0 aromatic heterocycles. The van der Waals surface area contributed by atoms with Crippen molar-refractivity contribution in [1.29, 1.82) is 0 Å². The third kappa shape index (κ3) is 1.40. The van der Waals surface area contributed by atoms with Crippen molar-refractivity contribution in [2.75, 3.05) is 6.61 Å². The molecular weight excluding hydrogens is 212 g/mol. The zero-order valence-corrected chi connectivity index (χ0v) is 10.8. The minimum atomic E-state index is -0.361. The summed E-state index contributed by atoms with van der Waals surface area (Å²) in [7, 11) is 0. The number of aliphatic hydroxyl groups is 1. The van der Waals surface area contributed by atoms with Crippen LogP contribution in [0, 0.1) is 23.7 Å². The highest BCUT2D eigenvalue weighted by atomic mass is 16.6. The van der Waals surface area contributed by atoms with E-state index in [9.17, 15) is 5.11 Å². The molecule has 1 saturated heterocycles. The van der Waals surface area contributed by atoms with E-state index in [0.717, 1.165) is 43.6 Å². The summed E-state index contributed by atoms with van der Waals surface area (Å²) in [5, 5.41) is 11.1. The zero-order chi connectivity index (χ0) is 11.7. The second-order valence-corrected chi connectivity index (χ2v) is 7.29. The lowest BCUT2D eigenvalue weighted by Gasteiger charge is -2.60. The summed E-state index contributed by atoms with van der Waals surface area (Å²) in [5.74, 6) is 2.88. The number of epoxide rings is 1. The molecule has 5 rings (SSSR count). The summed E-state index contributed by atoms with van der Waals surface area (Å²) >= 11 is 0. The van der Waals surface area contributed by atoms with Gasteiger partial charge in [0.1, 0.15) is 0 Å². The van der Waals surface area contributed by atoms with Crippen molar-refractivity contribution >= 4 is 0 Å². The Morgan fingerprint density at radius 2 is 1.82 bits per heavy atom. The standard InChI is InChI=1S/C15H24O2/c1-2-3-15(9-17-15)13-12-5-10-4-11(6-12)8-14(13,16)7-10/h10-13,16H,2-9H2,1H3. The molecule has 2 nitrogen and oxygen atoms in total. The van der Waals surface area contributed by atoms with Crippen molar-refractivity contribution in [2.45, 2.75) is 63.1 Å². The molecule has 4 aliphatic carbocycles. The zero-order valence-electron chi connectivity index (χ0n) is 10.8. The number of rotatable bonds is 3. The monoisotopic (exact) mass is 236 g/mol. The maximum absolute atomic E-state index is 11.1. The van der Waals surface area contributed by atoms with Crippen LogP contribution < -0.4 is 0 Å². The van der Waals surface area contributed by atoms with Crippen LogP contribution in [0.2, 0.25) is 0 Å². The molecule has 1 N–H and O–H groups in total. The highest BCUT2D eigenvalue weighted by Gasteiger charge is 2.66. The van der Waals surface area contributed by atoms with Gasteiger partial charge >= 0.3 is 0 Å². The molecule has 2 heteroatoms. The molecule has 0 amide bonds. The molecule has 17 heavy (non-hydrogen) atoms. The van der Waals surface area contributed by atoms with Crippen molar-refractivity contribution in [3.05, 3.63) is 0 Å². The fraction of sp³-hybridized carbons (Fsp3) is 1.00. The van der Waals surface area contributed by atoms with Crippen LogP contribution in [-0.4, -0.2) is 22.9 Å². The van der Waals surface area contributed by atoms with E-state index in [4.69, 9.17) is 4.74 Å². The molecule has 5 aliphatic rings. The second-order valence-electron chi connectivity index (χ2n) is 7.29. The highest BCUT2D eigenvalue weighted by Crippen LogP contribution is 2.64. The topological polar surface area (TPSA) is 32.8 Å². The molecule has 4 saturated carbocycles. The van der Waals surface area contributed by atoms with Crippen LogP contribution in [-0.2, 0) is 4.74 Å². The Morgan fingerprint density at radius 3 is 2.29 bits per heavy atom. The van der Waals surface area contributed by atoms with Crippen LogP contribution in [0.25, 0.3) is 0 Å². The van der Waals surface area contributed by atoms with Gasteiger partial charge in [0.2, 0.25) is 0 Å². The van der Waals surface area contributed by atoms with Gasteiger partial charge < -0.3 is 9.84 Å². The van der Waals surface area contributed by atoms with Gasteiger partial charge in [-0.2, -0.15) is 0 Å². The van der Waals surface area contributed by atoms with Gasteiger partial charge in [0, 0.05) is 5.92 Å². The van der Waals surface area contributed by atoms with Gasteiger partial charge in [-0.25, -0.2) is 0 Å². The largest absolute Gasteiger partial charge is 0.389 e. The first-order valence-electron chi connectivity index (χ1n) is 7.51. The Kier molecular flexibility index (Phi) is 2.08. The van der Waals surface area contributed by atoms with E-state index >= 15 is 0 Å². The summed E-state index contributed by atoms with van der Waals surface area (Å²) in [5.41, 5.74) is -0.276. The average Bonchev–Trinajstić information content (AvgIpc) is 2.95. The first-order chi connectivity index (χ1) is 8.15. The molecule has 5 fully saturated rings. The fourth-order valence-electron chi connectivity index (χ4n) is 5.91. The summed E-state index contributed by atoms with van der Waals surface area (Å²) < 4.78 is 5.87. The van der Waals surface area contributed by atoms with Crippen LogP contribution in [0.4, 0.5) is 0 Å². The van der Waals surface area contributed by atoms with Gasteiger partial charge in [-0.1, -0.05) is 13.3 Å². The molecule has 1 aliphatic heterocycles. The van der Waals surface area contributed by atoms with Gasteiger partial charge in [-0.05, 0) is 56.3 Å². The molecular formula is C15H24O2. The van der Waals surface area contributed by atoms with E-state index in [1.54, 1.807) is 0 Å². The molecule has 0 spiro atoms. The van der Waals surface area contributed by atoms with Crippen LogP contribution in [0.15, 0.2) is 0 Å². The van der Waals surface area contributed by atoms with Gasteiger partial charge in [0.05, 0.1) is 17.8 Å². The van der Waals surface area contributed by atoms with Crippen LogP contribution in [0.1, 0.15) is 51.9 Å². The molecule has 0 aromatic carbocycles. The van der Waals surface area contributed by atoms with Gasteiger partial charge in [0.15, 0.2) is 0 Å². The predicted molar refractivity (Wildman–Crippen MR) is 65.6 cm³/mol. The summed E-state index contributed by atoms with van der Waals surface area (Å²) in [6.07, 6.45) is 8.63. The maximum Gasteiger partial charge on any atom is 0.0974 e. The minimum Gasteiger partial charge on any atom is -0.389 e. The second kappa shape index (κ2) is 3.27. The minimum absolute atomic E-state index is 0.0848.